The molecule has 16 heavy (non-hydrogen) atoms. The number of halogens is 3. The Balaban J connectivity index is 2.96. The van der Waals surface area contributed by atoms with E-state index in [9.17, 15) is 22.8 Å². The molecule has 0 heterocycles. The smallest absolute Gasteiger partial charge is 0.416 e. The second kappa shape index (κ2) is 4.34. The summed E-state index contributed by atoms with van der Waals surface area (Å²) in [5.74, 6) is -2.09. The maximum atomic E-state index is 12.2. The van der Waals surface area contributed by atoms with Gasteiger partial charge in [0.25, 0.3) is 5.78 Å². The minimum atomic E-state index is -4.47. The molecule has 0 saturated heterocycles. The molecular formula is C10H7F3O3. The number of ether oxygens (including phenoxy) is 1. The standard InChI is InChI=1S/C10H7F3O3/c1-16-9(15)8(14)6-2-4-7(5-3-6)10(11,12)13/h2-5H,1H3. The number of Topliss-reactive ketones (excluding diaryl/α,β-unsaturated/α-hetero) is 1. The van der Waals surface area contributed by atoms with Crippen molar-refractivity contribution < 1.29 is 27.5 Å². The van der Waals surface area contributed by atoms with Crippen molar-refractivity contribution in [3.8, 4) is 0 Å². The van der Waals surface area contributed by atoms with E-state index in [4.69, 9.17) is 0 Å². The largest absolute Gasteiger partial charge is 0.463 e. The van der Waals surface area contributed by atoms with Crippen molar-refractivity contribution in [2.45, 2.75) is 6.18 Å². The van der Waals surface area contributed by atoms with Gasteiger partial charge in [-0.1, -0.05) is 12.1 Å². The molecule has 1 rings (SSSR count). The van der Waals surface area contributed by atoms with Gasteiger partial charge in [0.05, 0.1) is 12.7 Å². The number of methoxy groups -OCH3 is 1. The summed E-state index contributed by atoms with van der Waals surface area (Å²) in [6, 6.07) is 3.33. The maximum Gasteiger partial charge on any atom is 0.416 e. The Labute approximate surface area is 88.8 Å². The van der Waals surface area contributed by atoms with Crippen LogP contribution in [0, 0.1) is 0 Å². The number of esters is 1. The number of benzene rings is 1. The second-order valence-corrected chi connectivity index (χ2v) is 2.90. The first-order valence-corrected chi connectivity index (χ1v) is 4.16. The van der Waals surface area contributed by atoms with E-state index in [0.717, 1.165) is 31.4 Å². The molecule has 0 amide bonds. The summed E-state index contributed by atoms with van der Waals surface area (Å²) in [5, 5.41) is 0. The molecule has 0 aromatic heterocycles. The molecular weight excluding hydrogens is 225 g/mol. The Morgan fingerprint density at radius 3 is 2.00 bits per heavy atom. The maximum absolute atomic E-state index is 12.2. The Kier molecular flexibility index (Phi) is 3.31. The van der Waals surface area contributed by atoms with E-state index in [0.29, 0.717) is 0 Å². The number of alkyl halides is 3. The number of carbonyl (C=O) groups is 2. The molecule has 3 nitrogen and oxygen atoms in total. The average molecular weight is 232 g/mol. The van der Waals surface area contributed by atoms with Gasteiger partial charge in [-0.05, 0) is 12.1 Å². The van der Waals surface area contributed by atoms with Crippen LogP contribution in [0.25, 0.3) is 0 Å². The summed E-state index contributed by atoms with van der Waals surface area (Å²) in [6.07, 6.45) is -4.47. The molecule has 0 aliphatic rings. The summed E-state index contributed by atoms with van der Waals surface area (Å²) < 4.78 is 40.7. The summed E-state index contributed by atoms with van der Waals surface area (Å²) in [6.45, 7) is 0. The quantitative estimate of drug-likeness (QED) is 0.445. The average Bonchev–Trinajstić information content (AvgIpc) is 2.26. The van der Waals surface area contributed by atoms with Gasteiger partial charge in [-0.25, -0.2) is 4.79 Å². The first kappa shape index (κ1) is 12.2. The molecule has 0 spiro atoms. The van der Waals surface area contributed by atoms with Crippen LogP contribution >= 0.6 is 0 Å². The van der Waals surface area contributed by atoms with Crippen LogP contribution in [0.1, 0.15) is 15.9 Å². The van der Waals surface area contributed by atoms with E-state index < -0.39 is 23.5 Å². The fraction of sp³-hybridized carbons (Fsp3) is 0.200. The minimum Gasteiger partial charge on any atom is -0.463 e. The van der Waals surface area contributed by atoms with Crippen molar-refractivity contribution in [2.24, 2.45) is 0 Å². The fourth-order valence-corrected chi connectivity index (χ4v) is 1.02. The molecule has 0 bridgehead atoms. The van der Waals surface area contributed by atoms with Crippen molar-refractivity contribution in [3.63, 3.8) is 0 Å². The van der Waals surface area contributed by atoms with Gasteiger partial charge in [0.15, 0.2) is 0 Å². The van der Waals surface area contributed by atoms with Crippen molar-refractivity contribution >= 4 is 11.8 Å². The molecule has 1 aromatic carbocycles. The highest BCUT2D eigenvalue weighted by Crippen LogP contribution is 2.29. The normalized spacial score (nSPS) is 11.0. The van der Waals surface area contributed by atoms with E-state index in [1.165, 1.54) is 0 Å². The number of carbonyl (C=O) groups excluding carboxylic acids is 2. The van der Waals surface area contributed by atoms with E-state index in [2.05, 4.69) is 4.74 Å². The van der Waals surface area contributed by atoms with Gasteiger partial charge >= 0.3 is 12.1 Å². The molecule has 0 atom stereocenters. The lowest BCUT2D eigenvalue weighted by Gasteiger charge is -2.06. The van der Waals surface area contributed by atoms with Crippen LogP contribution in [-0.2, 0) is 15.7 Å². The van der Waals surface area contributed by atoms with Crippen LogP contribution in [0.5, 0.6) is 0 Å². The third-order valence-electron chi connectivity index (χ3n) is 1.85. The van der Waals surface area contributed by atoms with Gasteiger partial charge in [0.2, 0.25) is 0 Å². The minimum absolute atomic E-state index is 0.139. The highest BCUT2D eigenvalue weighted by molar-refractivity contribution is 6.40. The summed E-state index contributed by atoms with van der Waals surface area (Å²) >= 11 is 0. The first-order valence-electron chi connectivity index (χ1n) is 4.16. The van der Waals surface area contributed by atoms with Gasteiger partial charge in [-0.3, -0.25) is 4.79 Å². The highest BCUT2D eigenvalue weighted by atomic mass is 19.4. The van der Waals surface area contributed by atoms with Crippen LogP contribution in [0.3, 0.4) is 0 Å². The van der Waals surface area contributed by atoms with E-state index in [1.807, 2.05) is 0 Å². The first-order chi connectivity index (χ1) is 7.36. The molecule has 0 aliphatic carbocycles. The lowest BCUT2D eigenvalue weighted by molar-refractivity contribution is -0.137. The third-order valence-corrected chi connectivity index (χ3v) is 1.85. The van der Waals surface area contributed by atoms with Crippen LogP contribution in [-0.4, -0.2) is 18.9 Å². The molecule has 6 heteroatoms. The zero-order chi connectivity index (χ0) is 12.3. The molecule has 0 aliphatic heterocycles. The second-order valence-electron chi connectivity index (χ2n) is 2.90. The van der Waals surface area contributed by atoms with Crippen molar-refractivity contribution in [2.75, 3.05) is 7.11 Å². The summed E-state index contributed by atoms with van der Waals surface area (Å²) in [4.78, 5) is 22.0. The molecule has 0 unspecified atom stereocenters. The van der Waals surface area contributed by atoms with Gasteiger partial charge in [0.1, 0.15) is 0 Å². The Morgan fingerprint density at radius 1 is 1.12 bits per heavy atom. The molecule has 0 N–H and O–H groups in total. The Hall–Kier alpha value is -1.85. The summed E-state index contributed by atoms with van der Waals surface area (Å²) in [7, 11) is 1.02. The van der Waals surface area contributed by atoms with Gasteiger partial charge in [0, 0.05) is 5.56 Å². The van der Waals surface area contributed by atoms with Gasteiger partial charge < -0.3 is 4.74 Å². The Bertz CT molecular complexity index is 406. The van der Waals surface area contributed by atoms with E-state index in [-0.39, 0.29) is 5.56 Å². The monoisotopic (exact) mass is 232 g/mol. The number of hydrogen-bond acceptors (Lipinski definition) is 3. The van der Waals surface area contributed by atoms with Crippen molar-refractivity contribution in [3.05, 3.63) is 35.4 Å². The van der Waals surface area contributed by atoms with Crippen LogP contribution in [0.4, 0.5) is 13.2 Å². The van der Waals surface area contributed by atoms with E-state index >= 15 is 0 Å². The third kappa shape index (κ3) is 2.59. The predicted molar refractivity (Wildman–Crippen MR) is 47.8 cm³/mol. The summed E-state index contributed by atoms with van der Waals surface area (Å²) in [5.41, 5.74) is -1.02. The van der Waals surface area contributed by atoms with Crippen molar-refractivity contribution in [1.29, 1.82) is 0 Å². The number of ketones is 1. The van der Waals surface area contributed by atoms with Gasteiger partial charge in [-0.15, -0.1) is 0 Å². The SMILES string of the molecule is COC(=O)C(=O)c1ccc(C(F)(F)F)cc1. The van der Waals surface area contributed by atoms with Crippen molar-refractivity contribution in [1.82, 2.24) is 0 Å². The molecule has 0 radical (unpaired) electrons. The van der Waals surface area contributed by atoms with Crippen LogP contribution in [0.15, 0.2) is 24.3 Å². The topological polar surface area (TPSA) is 43.4 Å². The fourth-order valence-electron chi connectivity index (χ4n) is 1.02. The molecule has 0 saturated carbocycles. The predicted octanol–water partition coefficient (Wildman–Crippen LogP) is 2.06. The van der Waals surface area contributed by atoms with E-state index in [1.54, 1.807) is 0 Å². The molecule has 86 valence electrons. The number of hydrogen-bond donors (Lipinski definition) is 0. The molecule has 0 fully saturated rings. The molecule has 1 aromatic rings. The zero-order valence-electron chi connectivity index (χ0n) is 8.17. The zero-order valence-corrected chi connectivity index (χ0v) is 8.17. The van der Waals surface area contributed by atoms with Crippen LogP contribution < -0.4 is 0 Å². The Morgan fingerprint density at radius 2 is 1.62 bits per heavy atom. The lowest BCUT2D eigenvalue weighted by atomic mass is 10.1. The number of rotatable bonds is 2. The van der Waals surface area contributed by atoms with Gasteiger partial charge in [-0.2, -0.15) is 13.2 Å². The highest BCUT2D eigenvalue weighted by Gasteiger charge is 2.30. The van der Waals surface area contributed by atoms with Crippen LogP contribution in [0.2, 0.25) is 0 Å². The lowest BCUT2D eigenvalue weighted by Crippen LogP contribution is -2.16.